The molecule has 0 radical (unpaired) electrons. The van der Waals surface area contributed by atoms with Gasteiger partial charge in [0.25, 0.3) is 0 Å². The Balaban J connectivity index is 1.22. The Bertz CT molecular complexity index is 1820. The van der Waals surface area contributed by atoms with Gasteiger partial charge in [-0.25, -0.2) is 4.89 Å². The van der Waals surface area contributed by atoms with E-state index in [4.69, 9.17) is 30.7 Å². The minimum Gasteiger partial charge on any atom is -0.387 e. The van der Waals surface area contributed by atoms with Crippen LogP contribution in [0.4, 0.5) is 0 Å². The van der Waals surface area contributed by atoms with Gasteiger partial charge in [0.05, 0.1) is 17.8 Å². The highest BCUT2D eigenvalue weighted by Gasteiger charge is 2.87. The van der Waals surface area contributed by atoms with Crippen LogP contribution < -0.4 is 0 Å². The third-order valence-electron chi connectivity index (χ3n) is 15.3. The predicted octanol–water partition coefficient (Wildman–Crippen LogP) is 6.16. The molecule has 10 rings (SSSR count). The van der Waals surface area contributed by atoms with Crippen LogP contribution >= 0.6 is 11.6 Å². The lowest BCUT2D eigenvalue weighted by atomic mass is 9.40. The molecule has 2 aromatic rings. The number of rotatable bonds is 2. The number of ether oxygens (including phenoxy) is 3. The number of aromatic nitrogens is 1. The minimum absolute atomic E-state index is 0.0393. The van der Waals surface area contributed by atoms with E-state index < -0.39 is 51.5 Å². The van der Waals surface area contributed by atoms with Gasteiger partial charge in [0, 0.05) is 61.3 Å². The first kappa shape index (κ1) is 29.2. The molecule has 5 aliphatic carbocycles. The van der Waals surface area contributed by atoms with E-state index in [0.717, 1.165) is 63.7 Å². The molecule has 13 atom stereocenters. The molecule has 5 fully saturated rings. The molecule has 0 unspecified atom stereocenters. The molecule has 1 spiro atoms. The number of aliphatic hydroxyl groups excluding tert-OH is 1. The quantitative estimate of drug-likeness (QED) is 0.133. The zero-order chi connectivity index (χ0) is 32.3. The third-order valence-corrected chi connectivity index (χ3v) is 15.7. The number of benzene rings is 1. The smallest absolute Gasteiger partial charge is 0.153 e. The average molecular weight is 650 g/mol. The lowest BCUT2D eigenvalue weighted by molar-refractivity contribution is -0.405. The highest BCUT2D eigenvalue weighted by Crippen LogP contribution is 2.78. The Morgan fingerprint density at radius 1 is 1.15 bits per heavy atom. The largest absolute Gasteiger partial charge is 0.387 e. The standard InChI is InChI=1S/C37H44ClNO7/c1-15(2)28-27(40)31-37(45-31)23(43-28)9-10-33(6)34(7)18(8-11-35(33,37)41)29-25-24-21(39-30(25)34)14-20(38)17-12-16(3)19-13-22(32(4,5)44-29)36(19,46-42)26(17)24/h14,18-19,22-23,27-29,31,39-42H,1,3,8-13H2,2,4-7H3/t18-,19+,22-,23-,27-,28+,29-,31+,33+,34+,35-,36+,37-/m0/s1. The van der Waals surface area contributed by atoms with Crippen LogP contribution in [0.1, 0.15) is 95.2 Å². The van der Waals surface area contributed by atoms with E-state index in [1.165, 1.54) is 0 Å². The Kier molecular flexibility index (Phi) is 5.18. The number of fused-ring (bicyclic) bond motifs is 5. The molecule has 8 nitrogen and oxygen atoms in total. The average Bonchev–Trinajstić information content (AvgIpc) is 3.57. The topological polar surface area (TPSA) is 117 Å². The summed E-state index contributed by atoms with van der Waals surface area (Å²) in [4.78, 5) is 9.56. The van der Waals surface area contributed by atoms with Crippen molar-refractivity contribution in [3.8, 4) is 0 Å². The molecule has 3 saturated carbocycles. The molecule has 4 N–H and O–H groups in total. The minimum atomic E-state index is -1.26. The van der Waals surface area contributed by atoms with Crippen molar-refractivity contribution in [1.29, 1.82) is 0 Å². The summed E-state index contributed by atoms with van der Waals surface area (Å²) in [6.45, 7) is 19.2. The summed E-state index contributed by atoms with van der Waals surface area (Å²) in [6.07, 6.45) is 1.66. The van der Waals surface area contributed by atoms with Crippen LogP contribution in [0.15, 0.2) is 30.4 Å². The molecule has 4 heterocycles. The maximum atomic E-state index is 13.2. The van der Waals surface area contributed by atoms with Crippen molar-refractivity contribution in [2.45, 2.75) is 131 Å². The van der Waals surface area contributed by atoms with E-state index in [1.54, 1.807) is 0 Å². The number of halogens is 1. The van der Waals surface area contributed by atoms with E-state index in [0.29, 0.717) is 24.3 Å². The fraction of sp³-hybridized carbons (Fsp3) is 0.676. The summed E-state index contributed by atoms with van der Waals surface area (Å²) in [7, 11) is 0. The normalized spacial score (nSPS) is 51.6. The van der Waals surface area contributed by atoms with Crippen molar-refractivity contribution < 1.29 is 34.6 Å². The summed E-state index contributed by atoms with van der Waals surface area (Å²) in [5.41, 5.74) is 1.75. The first-order valence-electron chi connectivity index (χ1n) is 17.1. The van der Waals surface area contributed by atoms with Gasteiger partial charge in [0.1, 0.15) is 29.5 Å². The van der Waals surface area contributed by atoms with Gasteiger partial charge in [-0.2, -0.15) is 0 Å². The number of hydrogen-bond acceptors (Lipinski definition) is 7. The van der Waals surface area contributed by atoms with Gasteiger partial charge in [0.2, 0.25) is 0 Å². The molecule has 0 amide bonds. The second-order valence-electron chi connectivity index (χ2n) is 17.0. The number of hydrogen-bond donors (Lipinski definition) is 4. The first-order valence-corrected chi connectivity index (χ1v) is 17.5. The molecular weight excluding hydrogens is 606 g/mol. The van der Waals surface area contributed by atoms with Gasteiger partial charge < -0.3 is 29.4 Å². The van der Waals surface area contributed by atoms with Gasteiger partial charge >= 0.3 is 0 Å². The Labute approximate surface area is 274 Å². The van der Waals surface area contributed by atoms with Crippen molar-refractivity contribution in [1.82, 2.24) is 4.98 Å². The fourth-order valence-electron chi connectivity index (χ4n) is 13.0. The maximum absolute atomic E-state index is 13.2. The van der Waals surface area contributed by atoms with E-state index in [9.17, 15) is 15.5 Å². The van der Waals surface area contributed by atoms with Crippen molar-refractivity contribution in [3.63, 3.8) is 0 Å². The van der Waals surface area contributed by atoms with Crippen LogP contribution in [0.5, 0.6) is 0 Å². The molecule has 246 valence electrons. The summed E-state index contributed by atoms with van der Waals surface area (Å²) in [6, 6.07) is 2.01. The molecule has 1 aromatic carbocycles. The zero-order valence-electron chi connectivity index (χ0n) is 27.2. The first-order chi connectivity index (χ1) is 21.6. The monoisotopic (exact) mass is 649 g/mol. The van der Waals surface area contributed by atoms with Crippen molar-refractivity contribution in [3.05, 3.63) is 57.8 Å². The maximum Gasteiger partial charge on any atom is 0.153 e. The summed E-state index contributed by atoms with van der Waals surface area (Å²) < 4.78 is 20.4. The fourth-order valence-corrected chi connectivity index (χ4v) is 13.3. The van der Waals surface area contributed by atoms with Crippen molar-refractivity contribution in [2.75, 3.05) is 0 Å². The molecule has 1 aromatic heterocycles. The summed E-state index contributed by atoms with van der Waals surface area (Å²) in [5.74, 6) is -0.0737. The second kappa shape index (κ2) is 8.16. The summed E-state index contributed by atoms with van der Waals surface area (Å²) in [5, 5.41) is 37.2. The zero-order valence-corrected chi connectivity index (χ0v) is 28.0. The van der Waals surface area contributed by atoms with E-state index in [-0.39, 0.29) is 30.0 Å². The molecule has 8 aliphatic rings. The molecular formula is C37H44ClNO7. The third kappa shape index (κ3) is 2.66. The second-order valence-corrected chi connectivity index (χ2v) is 17.4. The van der Waals surface area contributed by atoms with E-state index >= 15 is 0 Å². The van der Waals surface area contributed by atoms with Gasteiger partial charge in [-0.15, -0.1) is 0 Å². The van der Waals surface area contributed by atoms with Crippen LogP contribution in [-0.2, 0) is 36.5 Å². The van der Waals surface area contributed by atoms with Gasteiger partial charge in [-0.1, -0.05) is 44.2 Å². The van der Waals surface area contributed by atoms with Crippen LogP contribution in [0.25, 0.3) is 10.9 Å². The lowest BCUT2D eigenvalue weighted by Gasteiger charge is -2.66. The Morgan fingerprint density at radius 3 is 2.63 bits per heavy atom. The molecule has 9 heteroatoms. The SMILES string of the molecule is C=C(C)[C@H]1O[C@H]2CC[C@@]3(C)[C@@](O)(CC[C@H]4[C@@H]5OC(C)(C)[C@@H]6C[C@@H]7C(=C)Cc8c(Cl)cc9[nH]c(c5c9c8[C@@]76OO)[C@@]43C)[C@]23O[C@@H]3[C@H]1O. The van der Waals surface area contributed by atoms with Crippen molar-refractivity contribution >= 4 is 22.5 Å². The van der Waals surface area contributed by atoms with Crippen LogP contribution in [0.3, 0.4) is 0 Å². The number of nitrogens with one attached hydrogen (secondary N) is 1. The van der Waals surface area contributed by atoms with Gasteiger partial charge in [-0.05, 0) is 76.5 Å². The number of aliphatic hydroxyl groups is 2. The number of H-pyrrole nitrogens is 1. The van der Waals surface area contributed by atoms with Crippen LogP contribution in [0, 0.1) is 23.2 Å². The highest BCUT2D eigenvalue weighted by molar-refractivity contribution is 6.32. The van der Waals surface area contributed by atoms with E-state index in [1.807, 2.05) is 13.0 Å². The van der Waals surface area contributed by atoms with Gasteiger partial charge in [0.15, 0.2) is 5.60 Å². The predicted molar refractivity (Wildman–Crippen MR) is 170 cm³/mol. The Morgan fingerprint density at radius 2 is 1.91 bits per heavy atom. The highest BCUT2D eigenvalue weighted by atomic mass is 35.5. The molecule has 0 bridgehead atoms. The summed E-state index contributed by atoms with van der Waals surface area (Å²) >= 11 is 7.09. The molecule has 46 heavy (non-hydrogen) atoms. The molecule has 2 saturated heterocycles. The van der Waals surface area contributed by atoms with Crippen molar-refractivity contribution in [2.24, 2.45) is 23.2 Å². The number of aromatic amines is 1. The van der Waals surface area contributed by atoms with Crippen LogP contribution in [0.2, 0.25) is 5.02 Å². The lowest BCUT2D eigenvalue weighted by Crippen LogP contribution is -2.76. The molecule has 3 aliphatic heterocycles. The van der Waals surface area contributed by atoms with Crippen LogP contribution in [-0.4, -0.2) is 61.7 Å². The Hall–Kier alpha value is -1.75. The van der Waals surface area contributed by atoms with E-state index in [2.05, 4.69) is 45.8 Å². The number of epoxide rings is 1. The van der Waals surface area contributed by atoms with Gasteiger partial charge in [-0.3, -0.25) is 5.26 Å².